The van der Waals surface area contributed by atoms with Crippen LogP contribution in [0.5, 0.6) is 0 Å². The molecule has 0 amide bonds. The number of carboxylic acids is 1. The zero-order chi connectivity index (χ0) is 5.15. The maximum atomic E-state index is 10.6. The number of aliphatic carboxylic acids is 1. The van der Waals surface area contributed by atoms with Gasteiger partial charge < -0.3 is 7.96 Å². The van der Waals surface area contributed by atoms with E-state index in [1.54, 1.807) is 0 Å². The Hall–Kier alpha value is 0.0962. The van der Waals surface area contributed by atoms with Gasteiger partial charge in [0.1, 0.15) is 0 Å². The Morgan fingerprint density at radius 1 is 1.71 bits per heavy atom. The zero-order valence-corrected chi connectivity index (χ0v) is 4.81. The largest absolute Gasteiger partial charge is 2.00 e. The number of hydrogen-bond donors (Lipinski definition) is 1. The van der Waals surface area contributed by atoms with Crippen molar-refractivity contribution in [2.75, 3.05) is 0 Å². The molecule has 0 unspecified atom stereocenters. The Bertz CT molecular complexity index is 71.6. The van der Waals surface area contributed by atoms with Crippen molar-refractivity contribution in [2.24, 2.45) is 0 Å². The first-order chi connectivity index (χ1) is 2.64. The minimum absolute atomic E-state index is 0. The van der Waals surface area contributed by atoms with Crippen LogP contribution < -0.4 is 0 Å². The molecule has 0 saturated heterocycles. The number of hydrogen-bond acceptors (Lipinski definition) is 1. The molecule has 0 fully saturated rings. The molecule has 0 bridgehead atoms. The van der Waals surface area contributed by atoms with E-state index in [4.69, 9.17) is 9.90 Å². The Morgan fingerprint density at radius 3 is 1.86 bits per heavy atom. The first kappa shape index (κ1) is 10.2. The molecule has 0 radical (unpaired) electrons. The minimum atomic E-state index is -3.23. The van der Waals surface area contributed by atoms with Crippen molar-refractivity contribution in [3.63, 3.8) is 0 Å². The quantitative estimate of drug-likeness (QED) is 0.504. The summed E-state index contributed by atoms with van der Waals surface area (Å²) in [5.41, 5.74) is 0. The maximum absolute atomic E-state index is 10.6. The van der Waals surface area contributed by atoms with Crippen molar-refractivity contribution in [3.8, 4) is 0 Å². The molecular formula is C2H4F2MgO2. The number of rotatable bonds is 1. The SMILES string of the molecule is O=C(O)C(F)F.[H-].[H-].[Mg+2]. The predicted molar refractivity (Wildman–Crippen MR) is 21.6 cm³/mol. The fourth-order valence-corrected chi connectivity index (χ4v) is 0. The minimum Gasteiger partial charge on any atom is -1.00 e. The second-order valence-electron chi connectivity index (χ2n) is 0.639. The van der Waals surface area contributed by atoms with Gasteiger partial charge in [-0.15, -0.1) is 0 Å². The smallest absolute Gasteiger partial charge is 1.00 e. The summed E-state index contributed by atoms with van der Waals surface area (Å²) in [4.78, 5) is 8.95. The number of alkyl halides is 2. The van der Waals surface area contributed by atoms with Crippen molar-refractivity contribution >= 4 is 29.0 Å². The first-order valence-corrected chi connectivity index (χ1v) is 1.15. The molecule has 5 heteroatoms. The van der Waals surface area contributed by atoms with Crippen LogP contribution in [-0.2, 0) is 4.79 Å². The Morgan fingerprint density at radius 2 is 1.86 bits per heavy atom. The van der Waals surface area contributed by atoms with E-state index in [9.17, 15) is 8.78 Å². The van der Waals surface area contributed by atoms with Crippen molar-refractivity contribution in [1.82, 2.24) is 0 Å². The topological polar surface area (TPSA) is 37.3 Å². The Labute approximate surface area is 57.6 Å². The van der Waals surface area contributed by atoms with Crippen LogP contribution in [0.3, 0.4) is 0 Å². The van der Waals surface area contributed by atoms with Crippen molar-refractivity contribution in [2.45, 2.75) is 6.43 Å². The molecule has 0 aromatic heterocycles. The van der Waals surface area contributed by atoms with E-state index >= 15 is 0 Å². The van der Waals surface area contributed by atoms with E-state index in [-0.39, 0.29) is 25.9 Å². The summed E-state index contributed by atoms with van der Waals surface area (Å²) in [5, 5.41) is 7.24. The third-order valence-electron chi connectivity index (χ3n) is 0.187. The predicted octanol–water partition coefficient (Wildman–Crippen LogP) is 0.180. The summed E-state index contributed by atoms with van der Waals surface area (Å²) in [6.07, 6.45) is -3.23. The third-order valence-corrected chi connectivity index (χ3v) is 0.187. The molecule has 0 aliphatic heterocycles. The molecule has 2 nitrogen and oxygen atoms in total. The van der Waals surface area contributed by atoms with Gasteiger partial charge in [0.2, 0.25) is 0 Å². The van der Waals surface area contributed by atoms with Gasteiger partial charge in [-0.1, -0.05) is 0 Å². The van der Waals surface area contributed by atoms with E-state index in [2.05, 4.69) is 0 Å². The van der Waals surface area contributed by atoms with Gasteiger partial charge in [0.25, 0.3) is 0 Å². The van der Waals surface area contributed by atoms with Gasteiger partial charge in [-0.2, -0.15) is 8.78 Å². The fourth-order valence-electron chi connectivity index (χ4n) is 0. The van der Waals surface area contributed by atoms with Crippen LogP contribution >= 0.6 is 0 Å². The van der Waals surface area contributed by atoms with Crippen LogP contribution in [0.15, 0.2) is 0 Å². The van der Waals surface area contributed by atoms with E-state index < -0.39 is 12.4 Å². The van der Waals surface area contributed by atoms with Crippen molar-refractivity contribution < 1.29 is 21.5 Å². The number of carbonyl (C=O) groups is 1. The van der Waals surface area contributed by atoms with Crippen LogP contribution in [0.25, 0.3) is 0 Å². The standard InChI is InChI=1S/C2H2F2O2.Mg.2H/c3-1(4)2(5)6;;;/h1H,(H,5,6);;;/q;+2;2*-1. The average molecular weight is 122 g/mol. The molecule has 0 aliphatic carbocycles. The first-order valence-electron chi connectivity index (χ1n) is 1.15. The molecule has 0 saturated carbocycles. The molecule has 1 N–H and O–H groups in total. The van der Waals surface area contributed by atoms with Crippen molar-refractivity contribution in [1.29, 1.82) is 0 Å². The van der Waals surface area contributed by atoms with Crippen LogP contribution in [-0.4, -0.2) is 40.6 Å². The van der Waals surface area contributed by atoms with E-state index in [0.29, 0.717) is 0 Å². The van der Waals surface area contributed by atoms with Gasteiger partial charge in [-0.05, 0) is 0 Å². The molecule has 40 valence electrons. The maximum Gasteiger partial charge on any atom is 2.00 e. The van der Waals surface area contributed by atoms with Gasteiger partial charge >= 0.3 is 35.4 Å². The number of carboxylic acid groups (broad SMARTS) is 1. The van der Waals surface area contributed by atoms with Gasteiger partial charge in [0.05, 0.1) is 0 Å². The van der Waals surface area contributed by atoms with Gasteiger partial charge in [0.15, 0.2) is 0 Å². The van der Waals surface area contributed by atoms with Gasteiger partial charge in [-0.3, -0.25) is 0 Å². The van der Waals surface area contributed by atoms with Crippen LogP contribution in [0.1, 0.15) is 2.85 Å². The molecule has 0 aromatic carbocycles. The van der Waals surface area contributed by atoms with Crippen molar-refractivity contribution in [3.05, 3.63) is 0 Å². The molecule has 0 atom stereocenters. The third kappa shape index (κ3) is 6.10. The zero-order valence-electron chi connectivity index (χ0n) is 5.40. The van der Waals surface area contributed by atoms with Crippen LogP contribution in [0.2, 0.25) is 0 Å². The van der Waals surface area contributed by atoms with Crippen LogP contribution in [0.4, 0.5) is 8.78 Å². The van der Waals surface area contributed by atoms with E-state index in [1.165, 1.54) is 0 Å². The van der Waals surface area contributed by atoms with Gasteiger partial charge in [-0.25, -0.2) is 4.79 Å². The molecule has 0 spiro atoms. The van der Waals surface area contributed by atoms with Crippen LogP contribution in [0, 0.1) is 0 Å². The van der Waals surface area contributed by atoms with E-state index in [0.717, 1.165) is 0 Å². The molecule has 0 aliphatic rings. The molecule has 0 rings (SSSR count). The van der Waals surface area contributed by atoms with Gasteiger partial charge in [0, 0.05) is 0 Å². The molecular weight excluding hydrogens is 118 g/mol. The summed E-state index contributed by atoms with van der Waals surface area (Å²) in [6.45, 7) is 0. The molecule has 0 heterocycles. The fraction of sp³-hybridized carbons (Fsp3) is 0.500. The summed E-state index contributed by atoms with van der Waals surface area (Å²) in [6, 6.07) is 0. The van der Waals surface area contributed by atoms with E-state index in [1.807, 2.05) is 0 Å². The second-order valence-corrected chi connectivity index (χ2v) is 0.639. The Balaban J connectivity index is -0.0000000417. The Kier molecular flexibility index (Phi) is 6.18. The molecule has 7 heavy (non-hydrogen) atoms. The summed E-state index contributed by atoms with van der Waals surface area (Å²) in [5.74, 6) is -2.07. The second kappa shape index (κ2) is 4.26. The summed E-state index contributed by atoms with van der Waals surface area (Å²) >= 11 is 0. The number of halogens is 2. The molecule has 0 aromatic rings. The summed E-state index contributed by atoms with van der Waals surface area (Å²) in [7, 11) is 0. The summed E-state index contributed by atoms with van der Waals surface area (Å²) < 4.78 is 21.1. The normalized spacial score (nSPS) is 7.86. The monoisotopic (exact) mass is 122 g/mol. The average Bonchev–Trinajstić information content (AvgIpc) is 1.36.